The Balaban J connectivity index is 1.98. The van der Waals surface area contributed by atoms with Gasteiger partial charge in [-0.25, -0.2) is 0 Å². The maximum Gasteiger partial charge on any atom is 0.262 e. The van der Waals surface area contributed by atoms with Crippen molar-refractivity contribution in [3.05, 3.63) is 35.4 Å². The van der Waals surface area contributed by atoms with Gasteiger partial charge in [0.2, 0.25) is 6.17 Å². The molecule has 1 heterocycles. The Labute approximate surface area is 145 Å². The third kappa shape index (κ3) is 5.28. The number of carbonyl (C=O) groups excluding carboxylic acids is 1. The number of quaternary nitrogens is 1. The molecule has 1 aromatic carbocycles. The van der Waals surface area contributed by atoms with Gasteiger partial charge in [-0.1, -0.05) is 52.5 Å². The van der Waals surface area contributed by atoms with Crippen LogP contribution in [0.3, 0.4) is 0 Å². The minimum Gasteiger partial charge on any atom is -0.372 e. The number of nitrogens with two attached hydrogens (primary N) is 1. The van der Waals surface area contributed by atoms with Crippen molar-refractivity contribution in [1.29, 1.82) is 0 Å². The highest BCUT2D eigenvalue weighted by Gasteiger charge is 2.38. The second kappa shape index (κ2) is 7.84. The zero-order chi connectivity index (χ0) is 16.2. The lowest BCUT2D eigenvalue weighted by molar-refractivity contribution is -0.697. The lowest BCUT2D eigenvalue weighted by Crippen LogP contribution is -2.97. The van der Waals surface area contributed by atoms with Gasteiger partial charge in [-0.3, -0.25) is 10.1 Å². The molecule has 0 aromatic heterocycles. The Morgan fingerprint density at radius 1 is 1.50 bits per heavy atom. The molecule has 122 valence electrons. The lowest BCUT2D eigenvalue weighted by Gasteiger charge is -2.24. The Kier molecular flexibility index (Phi) is 6.36. The van der Waals surface area contributed by atoms with E-state index in [-0.39, 0.29) is 12.0 Å². The largest absolute Gasteiger partial charge is 0.372 e. The Morgan fingerprint density at radius 3 is 2.86 bits per heavy atom. The predicted octanol–water partition coefficient (Wildman–Crippen LogP) is 2.16. The summed E-state index contributed by atoms with van der Waals surface area (Å²) in [6.45, 7) is 3.34. The zero-order valence-electron chi connectivity index (χ0n) is 12.3. The summed E-state index contributed by atoms with van der Waals surface area (Å²) in [7, 11) is 0. The zero-order valence-corrected chi connectivity index (χ0v) is 14.6. The van der Waals surface area contributed by atoms with Crippen molar-refractivity contribution in [2.75, 3.05) is 13.2 Å². The molecule has 2 rings (SSSR count). The first-order valence-electron chi connectivity index (χ1n) is 7.25. The molecular formula is C15H20Cl3N2O2+. The van der Waals surface area contributed by atoms with Crippen LogP contribution in [0.5, 0.6) is 0 Å². The SMILES string of the molecule is Cc1cccc(C(=O)N[C@H]([NH2+]C[C@H]2CCCO2)C(Cl)(Cl)Cl)c1. The van der Waals surface area contributed by atoms with Gasteiger partial charge in [0.25, 0.3) is 9.70 Å². The van der Waals surface area contributed by atoms with E-state index >= 15 is 0 Å². The van der Waals surface area contributed by atoms with E-state index in [1.54, 1.807) is 12.1 Å². The molecule has 1 amide bonds. The molecule has 0 bridgehead atoms. The molecular weight excluding hydrogens is 347 g/mol. The van der Waals surface area contributed by atoms with E-state index in [0.717, 1.165) is 25.0 Å². The van der Waals surface area contributed by atoms with Gasteiger partial charge in [-0.05, 0) is 31.9 Å². The number of hydrogen-bond donors (Lipinski definition) is 2. The Bertz CT molecular complexity index is 514. The molecule has 0 spiro atoms. The molecule has 1 fully saturated rings. The van der Waals surface area contributed by atoms with E-state index in [0.29, 0.717) is 12.1 Å². The summed E-state index contributed by atoms with van der Waals surface area (Å²) in [4.78, 5) is 12.3. The van der Waals surface area contributed by atoms with E-state index in [4.69, 9.17) is 39.5 Å². The fourth-order valence-corrected chi connectivity index (χ4v) is 2.83. The van der Waals surface area contributed by atoms with Crippen LogP contribution in [0.4, 0.5) is 0 Å². The predicted molar refractivity (Wildman–Crippen MR) is 88.5 cm³/mol. The number of carbonyl (C=O) groups is 1. The molecule has 0 unspecified atom stereocenters. The van der Waals surface area contributed by atoms with Crippen molar-refractivity contribution >= 4 is 40.7 Å². The van der Waals surface area contributed by atoms with Gasteiger partial charge in [0.05, 0.1) is 0 Å². The molecule has 3 N–H and O–H groups in total. The lowest BCUT2D eigenvalue weighted by atomic mass is 10.1. The van der Waals surface area contributed by atoms with E-state index < -0.39 is 9.96 Å². The maximum atomic E-state index is 12.3. The number of aryl methyl sites for hydroxylation is 1. The second-order valence-electron chi connectivity index (χ2n) is 5.47. The molecule has 4 nitrogen and oxygen atoms in total. The molecule has 1 aromatic rings. The molecule has 0 radical (unpaired) electrons. The van der Waals surface area contributed by atoms with Gasteiger partial charge in [0.1, 0.15) is 12.6 Å². The summed E-state index contributed by atoms with van der Waals surface area (Å²) in [5.74, 6) is -0.261. The summed E-state index contributed by atoms with van der Waals surface area (Å²) in [5.41, 5.74) is 1.55. The van der Waals surface area contributed by atoms with Crippen LogP contribution in [-0.2, 0) is 4.74 Å². The van der Waals surface area contributed by atoms with Crippen molar-refractivity contribution < 1.29 is 14.8 Å². The number of hydrogen-bond acceptors (Lipinski definition) is 2. The Morgan fingerprint density at radius 2 is 2.27 bits per heavy atom. The van der Waals surface area contributed by atoms with Crippen LogP contribution in [0, 0.1) is 6.92 Å². The first-order chi connectivity index (χ1) is 10.4. The van der Waals surface area contributed by atoms with E-state index in [2.05, 4.69) is 5.32 Å². The second-order valence-corrected chi connectivity index (χ2v) is 7.84. The number of ether oxygens (including phenoxy) is 1. The van der Waals surface area contributed by atoms with Gasteiger partial charge in [-0.2, -0.15) is 0 Å². The highest BCUT2D eigenvalue weighted by atomic mass is 35.6. The molecule has 1 saturated heterocycles. The quantitative estimate of drug-likeness (QED) is 0.620. The molecule has 1 aliphatic rings. The number of amides is 1. The molecule has 1 aliphatic heterocycles. The van der Waals surface area contributed by atoms with Gasteiger partial charge >= 0.3 is 0 Å². The minimum absolute atomic E-state index is 0.144. The average molecular weight is 367 g/mol. The number of rotatable bonds is 5. The van der Waals surface area contributed by atoms with Crippen LogP contribution in [0.1, 0.15) is 28.8 Å². The molecule has 0 aliphatic carbocycles. The fraction of sp³-hybridized carbons (Fsp3) is 0.533. The topological polar surface area (TPSA) is 54.9 Å². The summed E-state index contributed by atoms with van der Waals surface area (Å²) in [6, 6.07) is 7.28. The Hall–Kier alpha value is -0.520. The monoisotopic (exact) mass is 365 g/mol. The van der Waals surface area contributed by atoms with Crippen LogP contribution in [0.25, 0.3) is 0 Å². The molecule has 22 heavy (non-hydrogen) atoms. The average Bonchev–Trinajstić information content (AvgIpc) is 2.95. The summed E-state index contributed by atoms with van der Waals surface area (Å²) < 4.78 is 3.95. The first-order valence-corrected chi connectivity index (χ1v) is 8.39. The van der Waals surface area contributed by atoms with E-state index in [9.17, 15) is 4.79 Å². The normalized spacial score (nSPS) is 19.9. The number of halogens is 3. The van der Waals surface area contributed by atoms with Gasteiger partial charge in [0, 0.05) is 12.2 Å². The summed E-state index contributed by atoms with van der Waals surface area (Å²) in [6.07, 6.45) is 1.52. The molecule has 2 atom stereocenters. The van der Waals surface area contributed by atoms with Crippen LogP contribution in [0.15, 0.2) is 24.3 Å². The van der Waals surface area contributed by atoms with Crippen molar-refractivity contribution in [2.24, 2.45) is 0 Å². The van der Waals surface area contributed by atoms with Gasteiger partial charge in [-0.15, -0.1) is 0 Å². The summed E-state index contributed by atoms with van der Waals surface area (Å²) in [5, 5.41) is 4.59. The van der Waals surface area contributed by atoms with Gasteiger partial charge in [0.15, 0.2) is 0 Å². The third-order valence-electron chi connectivity index (χ3n) is 3.58. The van der Waals surface area contributed by atoms with Crippen molar-refractivity contribution in [2.45, 2.75) is 35.8 Å². The van der Waals surface area contributed by atoms with Crippen LogP contribution < -0.4 is 10.6 Å². The van der Waals surface area contributed by atoms with E-state index in [1.165, 1.54) is 0 Å². The number of benzene rings is 1. The van der Waals surface area contributed by atoms with Crippen LogP contribution in [0.2, 0.25) is 0 Å². The van der Waals surface area contributed by atoms with E-state index in [1.807, 2.05) is 24.4 Å². The first kappa shape index (κ1) is 17.8. The highest BCUT2D eigenvalue weighted by Crippen LogP contribution is 2.27. The molecule has 7 heteroatoms. The number of nitrogens with one attached hydrogen (secondary N) is 1. The minimum atomic E-state index is -1.60. The smallest absolute Gasteiger partial charge is 0.262 e. The van der Waals surface area contributed by atoms with Crippen molar-refractivity contribution in [3.63, 3.8) is 0 Å². The van der Waals surface area contributed by atoms with Crippen LogP contribution in [-0.4, -0.2) is 35.1 Å². The van der Waals surface area contributed by atoms with Crippen molar-refractivity contribution in [3.8, 4) is 0 Å². The fourth-order valence-electron chi connectivity index (χ4n) is 2.40. The maximum absolute atomic E-state index is 12.3. The summed E-state index contributed by atoms with van der Waals surface area (Å²) >= 11 is 18.0. The van der Waals surface area contributed by atoms with Crippen LogP contribution >= 0.6 is 34.8 Å². The van der Waals surface area contributed by atoms with Crippen molar-refractivity contribution in [1.82, 2.24) is 5.32 Å². The van der Waals surface area contributed by atoms with Gasteiger partial charge < -0.3 is 10.1 Å². The highest BCUT2D eigenvalue weighted by molar-refractivity contribution is 6.68. The number of alkyl halides is 3. The third-order valence-corrected chi connectivity index (χ3v) is 4.28. The standard InChI is InChI=1S/C15H19Cl3N2O2/c1-10-4-2-5-11(8-10)13(21)20-14(15(16,17)18)19-9-12-6-3-7-22-12/h2,4-5,8,12,14,19H,3,6-7,9H2,1H3,(H,20,21)/p+1/t12-,14+/m1/s1. The molecule has 0 saturated carbocycles.